The van der Waals surface area contributed by atoms with Gasteiger partial charge in [-0.3, -0.25) is 0 Å². The van der Waals surface area contributed by atoms with Crippen LogP contribution < -0.4 is 10.1 Å². The first kappa shape index (κ1) is 13.6. The highest BCUT2D eigenvalue weighted by molar-refractivity contribution is 9.10. The zero-order valence-electron chi connectivity index (χ0n) is 10.7. The second-order valence-electron chi connectivity index (χ2n) is 4.76. The lowest BCUT2D eigenvalue weighted by Crippen LogP contribution is -2.30. The van der Waals surface area contributed by atoms with E-state index in [0.717, 1.165) is 25.2 Å². The van der Waals surface area contributed by atoms with Gasteiger partial charge in [0.2, 0.25) is 0 Å². The van der Waals surface area contributed by atoms with Crippen LogP contribution in [0, 0.1) is 0 Å². The Bertz CT molecular complexity index is 426. The highest BCUT2D eigenvalue weighted by Gasteiger charge is 2.18. The number of phenols is 1. The molecule has 4 nitrogen and oxygen atoms in total. The van der Waals surface area contributed by atoms with Crippen molar-refractivity contribution in [2.75, 3.05) is 27.2 Å². The highest BCUT2D eigenvalue weighted by atomic mass is 79.9. The molecule has 1 aromatic rings. The smallest absolute Gasteiger partial charge is 0.172 e. The Morgan fingerprint density at radius 3 is 2.94 bits per heavy atom. The molecule has 0 aromatic heterocycles. The molecule has 2 rings (SSSR count). The number of methoxy groups -OCH3 is 1. The number of phenolic OH excluding ortho intramolecular Hbond substituents is 1. The number of likely N-dealkylation sites (N-methyl/N-ethyl adjacent to an activating group) is 1. The maximum absolute atomic E-state index is 9.74. The number of nitrogens with one attached hydrogen (secondary N) is 1. The number of rotatable bonds is 4. The van der Waals surface area contributed by atoms with Crippen molar-refractivity contribution < 1.29 is 9.84 Å². The van der Waals surface area contributed by atoms with Crippen molar-refractivity contribution in [3.63, 3.8) is 0 Å². The predicted octanol–water partition coefficient (Wildman–Crippen LogP) is 1.96. The number of ether oxygens (including phenoxy) is 1. The Hall–Kier alpha value is -0.780. The summed E-state index contributed by atoms with van der Waals surface area (Å²) in [6.45, 7) is 3.03. The van der Waals surface area contributed by atoms with Gasteiger partial charge in [-0.2, -0.15) is 0 Å². The number of benzene rings is 1. The average molecular weight is 315 g/mol. The molecule has 2 N–H and O–H groups in total. The van der Waals surface area contributed by atoms with Gasteiger partial charge in [0.15, 0.2) is 11.5 Å². The van der Waals surface area contributed by atoms with E-state index in [1.807, 2.05) is 12.1 Å². The molecule has 1 fully saturated rings. The monoisotopic (exact) mass is 314 g/mol. The molecular weight excluding hydrogens is 296 g/mol. The summed E-state index contributed by atoms with van der Waals surface area (Å²) >= 11 is 3.33. The molecule has 0 saturated carbocycles. The van der Waals surface area contributed by atoms with Gasteiger partial charge < -0.3 is 20.1 Å². The van der Waals surface area contributed by atoms with Gasteiger partial charge in [0.1, 0.15) is 0 Å². The lowest BCUT2D eigenvalue weighted by atomic mass is 10.2. The van der Waals surface area contributed by atoms with E-state index in [1.54, 1.807) is 7.11 Å². The minimum absolute atomic E-state index is 0.154. The molecule has 1 unspecified atom stereocenters. The number of hydrogen-bond acceptors (Lipinski definition) is 4. The van der Waals surface area contributed by atoms with Crippen LogP contribution in [0.5, 0.6) is 11.5 Å². The van der Waals surface area contributed by atoms with Gasteiger partial charge in [0, 0.05) is 19.1 Å². The number of hydrogen-bond donors (Lipinski definition) is 2. The Morgan fingerprint density at radius 2 is 2.33 bits per heavy atom. The van der Waals surface area contributed by atoms with Crippen LogP contribution in [0.2, 0.25) is 0 Å². The zero-order valence-corrected chi connectivity index (χ0v) is 12.3. The van der Waals surface area contributed by atoms with E-state index in [9.17, 15) is 5.11 Å². The normalized spacial score (nSPS) is 20.3. The molecule has 1 aliphatic heterocycles. The van der Waals surface area contributed by atoms with Crippen molar-refractivity contribution in [2.24, 2.45) is 0 Å². The molecule has 1 heterocycles. The summed E-state index contributed by atoms with van der Waals surface area (Å²) < 4.78 is 5.81. The van der Waals surface area contributed by atoms with E-state index in [-0.39, 0.29) is 5.75 Å². The van der Waals surface area contributed by atoms with Crippen LogP contribution >= 0.6 is 15.9 Å². The molecule has 100 valence electrons. The van der Waals surface area contributed by atoms with Crippen molar-refractivity contribution in [3.8, 4) is 11.5 Å². The minimum atomic E-state index is 0.154. The van der Waals surface area contributed by atoms with Crippen LogP contribution in [0.15, 0.2) is 16.6 Å². The predicted molar refractivity (Wildman–Crippen MR) is 75.1 cm³/mol. The van der Waals surface area contributed by atoms with Crippen molar-refractivity contribution in [1.29, 1.82) is 0 Å². The molecule has 0 radical (unpaired) electrons. The van der Waals surface area contributed by atoms with Crippen molar-refractivity contribution in [1.82, 2.24) is 10.2 Å². The Balaban J connectivity index is 1.99. The SMILES string of the molecule is COc1cc(CNC2CCN(C)C2)cc(Br)c1O. The number of aromatic hydroxyl groups is 1. The summed E-state index contributed by atoms with van der Waals surface area (Å²) in [5.41, 5.74) is 1.10. The van der Waals surface area contributed by atoms with Gasteiger partial charge in [-0.25, -0.2) is 0 Å². The maximum Gasteiger partial charge on any atom is 0.172 e. The Morgan fingerprint density at radius 1 is 1.56 bits per heavy atom. The van der Waals surface area contributed by atoms with Crippen LogP contribution in [0.4, 0.5) is 0 Å². The van der Waals surface area contributed by atoms with Gasteiger partial charge in [-0.1, -0.05) is 0 Å². The van der Waals surface area contributed by atoms with E-state index in [2.05, 4.69) is 33.2 Å². The summed E-state index contributed by atoms with van der Waals surface area (Å²) in [5, 5.41) is 13.3. The molecule has 0 amide bonds. The third-order valence-corrected chi connectivity index (χ3v) is 3.90. The summed E-state index contributed by atoms with van der Waals surface area (Å²) in [5.74, 6) is 0.659. The van der Waals surface area contributed by atoms with Gasteiger partial charge in [-0.05, 0) is 53.6 Å². The summed E-state index contributed by atoms with van der Waals surface area (Å²) in [4.78, 5) is 2.32. The topological polar surface area (TPSA) is 44.7 Å². The van der Waals surface area contributed by atoms with E-state index >= 15 is 0 Å². The first-order valence-electron chi connectivity index (χ1n) is 6.07. The van der Waals surface area contributed by atoms with E-state index in [0.29, 0.717) is 16.3 Å². The van der Waals surface area contributed by atoms with Gasteiger partial charge in [-0.15, -0.1) is 0 Å². The Labute approximate surface area is 116 Å². The average Bonchev–Trinajstić information content (AvgIpc) is 2.76. The second-order valence-corrected chi connectivity index (χ2v) is 5.61. The molecule has 1 aliphatic rings. The molecule has 1 atom stereocenters. The molecule has 0 aliphatic carbocycles. The van der Waals surface area contributed by atoms with E-state index in [4.69, 9.17) is 4.74 Å². The molecular formula is C13H19BrN2O2. The van der Waals surface area contributed by atoms with Gasteiger partial charge in [0.05, 0.1) is 11.6 Å². The molecule has 18 heavy (non-hydrogen) atoms. The Kier molecular flexibility index (Phi) is 4.48. The zero-order chi connectivity index (χ0) is 13.1. The highest BCUT2D eigenvalue weighted by Crippen LogP contribution is 2.35. The lowest BCUT2D eigenvalue weighted by molar-refractivity contribution is 0.370. The number of nitrogens with zero attached hydrogens (tertiary/aromatic N) is 1. The van der Waals surface area contributed by atoms with E-state index in [1.165, 1.54) is 6.42 Å². The standard InChI is InChI=1S/C13H19BrN2O2/c1-16-4-3-10(8-16)15-7-9-5-11(14)13(17)12(6-9)18-2/h5-6,10,15,17H,3-4,7-8H2,1-2H3. The van der Waals surface area contributed by atoms with Crippen LogP contribution in [0.25, 0.3) is 0 Å². The van der Waals surface area contributed by atoms with Crippen LogP contribution in [-0.2, 0) is 6.54 Å². The van der Waals surface area contributed by atoms with Crippen LogP contribution in [-0.4, -0.2) is 43.3 Å². The molecule has 0 bridgehead atoms. The third-order valence-electron chi connectivity index (χ3n) is 3.29. The van der Waals surface area contributed by atoms with Gasteiger partial charge >= 0.3 is 0 Å². The summed E-state index contributed by atoms with van der Waals surface area (Å²) in [6.07, 6.45) is 1.19. The summed E-state index contributed by atoms with van der Waals surface area (Å²) in [7, 11) is 3.70. The first-order valence-corrected chi connectivity index (χ1v) is 6.86. The third kappa shape index (κ3) is 3.16. The van der Waals surface area contributed by atoms with Crippen molar-refractivity contribution >= 4 is 15.9 Å². The summed E-state index contributed by atoms with van der Waals surface area (Å²) in [6, 6.07) is 4.34. The fourth-order valence-electron chi connectivity index (χ4n) is 2.25. The number of halogens is 1. The quantitative estimate of drug-likeness (QED) is 0.891. The largest absolute Gasteiger partial charge is 0.503 e. The fourth-order valence-corrected chi connectivity index (χ4v) is 2.74. The molecule has 1 saturated heterocycles. The lowest BCUT2D eigenvalue weighted by Gasteiger charge is -2.14. The van der Waals surface area contributed by atoms with Gasteiger partial charge in [0.25, 0.3) is 0 Å². The minimum Gasteiger partial charge on any atom is -0.503 e. The van der Waals surface area contributed by atoms with Crippen LogP contribution in [0.3, 0.4) is 0 Å². The first-order chi connectivity index (χ1) is 8.60. The fraction of sp³-hybridized carbons (Fsp3) is 0.538. The molecule has 5 heteroatoms. The van der Waals surface area contributed by atoms with Crippen molar-refractivity contribution in [2.45, 2.75) is 19.0 Å². The molecule has 1 aromatic carbocycles. The number of likely N-dealkylation sites (tertiary alicyclic amines) is 1. The van der Waals surface area contributed by atoms with Crippen molar-refractivity contribution in [3.05, 3.63) is 22.2 Å². The maximum atomic E-state index is 9.74. The van der Waals surface area contributed by atoms with E-state index < -0.39 is 0 Å². The van der Waals surface area contributed by atoms with Crippen LogP contribution in [0.1, 0.15) is 12.0 Å². The second kappa shape index (κ2) is 5.91. The molecule has 0 spiro atoms.